The lowest BCUT2D eigenvalue weighted by Gasteiger charge is -2.28. The zero-order valence-electron chi connectivity index (χ0n) is 27.9. The molecule has 5 rings (SSSR count). The van der Waals surface area contributed by atoms with Gasteiger partial charge >= 0.3 is 0 Å². The predicted octanol–water partition coefficient (Wildman–Crippen LogP) is 3.81. The van der Waals surface area contributed by atoms with Gasteiger partial charge in [-0.1, -0.05) is 24.3 Å². The van der Waals surface area contributed by atoms with Crippen molar-refractivity contribution in [2.75, 3.05) is 26.0 Å². The second-order valence-corrected chi connectivity index (χ2v) is 14.4. The number of aromatic nitrogens is 2. The summed E-state index contributed by atoms with van der Waals surface area (Å²) < 4.78 is 6.27. The minimum atomic E-state index is -1.72. The Balaban J connectivity index is 1.10. The van der Waals surface area contributed by atoms with Crippen LogP contribution in [-0.4, -0.2) is 103 Å². The van der Waals surface area contributed by atoms with E-state index in [-0.39, 0.29) is 24.3 Å². The highest BCUT2D eigenvalue weighted by Gasteiger charge is 2.45. The summed E-state index contributed by atoms with van der Waals surface area (Å²) in [6.07, 6.45) is 5.93. The third kappa shape index (κ3) is 9.34. The lowest BCUT2D eigenvalue weighted by molar-refractivity contribution is -0.138. The van der Waals surface area contributed by atoms with Gasteiger partial charge in [0.1, 0.15) is 30.2 Å². The molecule has 2 heterocycles. The normalized spacial score (nSPS) is 17.7. The molecule has 0 radical (unpaired) electrons. The molecule has 2 aliphatic carbocycles. The Morgan fingerprint density at radius 1 is 1.02 bits per heavy atom. The van der Waals surface area contributed by atoms with E-state index in [1.807, 2.05) is 18.5 Å². The van der Waals surface area contributed by atoms with Gasteiger partial charge in [-0.15, -0.1) is 11.8 Å². The number of thioether (sulfide) groups is 1. The van der Waals surface area contributed by atoms with Crippen LogP contribution in [-0.2, 0) is 16.6 Å². The molecule has 2 fully saturated rings. The van der Waals surface area contributed by atoms with Crippen molar-refractivity contribution < 1.29 is 35.1 Å². The van der Waals surface area contributed by atoms with E-state index in [1.165, 1.54) is 28.6 Å². The first-order chi connectivity index (χ1) is 23.1. The van der Waals surface area contributed by atoms with Crippen LogP contribution >= 0.6 is 11.8 Å². The summed E-state index contributed by atoms with van der Waals surface area (Å²) in [6.45, 7) is 1.16. The van der Waals surface area contributed by atoms with Gasteiger partial charge in [-0.3, -0.25) is 9.78 Å². The third-order valence-electron chi connectivity index (χ3n) is 9.50. The zero-order valence-corrected chi connectivity index (χ0v) is 28.7. The van der Waals surface area contributed by atoms with Crippen molar-refractivity contribution in [2.45, 2.75) is 106 Å². The Kier molecular flexibility index (Phi) is 12.5. The number of nitrogens with zero attached hydrogens (tertiary/aromatic N) is 3. The molecular weight excluding hydrogens is 630 g/mol. The Labute approximate surface area is 287 Å². The number of carbonyl (C=O) groups is 1. The topological polar surface area (TPSA) is 156 Å². The minimum absolute atomic E-state index is 0.0852. The van der Waals surface area contributed by atoms with E-state index < -0.39 is 31.0 Å². The molecule has 48 heavy (non-hydrogen) atoms. The fourth-order valence-corrected chi connectivity index (χ4v) is 6.95. The molecule has 0 unspecified atom stereocenters. The van der Waals surface area contributed by atoms with Gasteiger partial charge in [0, 0.05) is 43.7 Å². The second kappa shape index (κ2) is 16.6. The van der Waals surface area contributed by atoms with E-state index in [4.69, 9.17) is 14.8 Å². The quantitative estimate of drug-likeness (QED) is 0.0933. The SMILES string of the molecule is Cc1ccc(SCCCCC(=O)N(C)C[C@H](O)[C@@H](O)[C@H](O)[C@H](O)CO)nc1CCC1(c2cnccc2-c2ccccc2OC2CC2)CC1. The number of aliphatic hydroxyl groups excluding tert-OH is 5. The van der Waals surface area contributed by atoms with Crippen LogP contribution in [0.3, 0.4) is 0 Å². The lowest BCUT2D eigenvalue weighted by Crippen LogP contribution is -2.49. The molecule has 260 valence electrons. The number of aliphatic hydroxyl groups is 5. The lowest BCUT2D eigenvalue weighted by atomic mass is 9.85. The first-order valence-electron chi connectivity index (χ1n) is 17.0. The maximum Gasteiger partial charge on any atom is 0.222 e. The number of pyridine rings is 2. The van der Waals surface area contributed by atoms with Crippen molar-refractivity contribution in [1.29, 1.82) is 0 Å². The molecule has 11 heteroatoms. The maximum absolute atomic E-state index is 12.6. The van der Waals surface area contributed by atoms with Gasteiger partial charge in [-0.05, 0) is 104 Å². The molecular formula is C37H49N3O7S. The third-order valence-corrected chi connectivity index (χ3v) is 10.5. The largest absolute Gasteiger partial charge is 0.490 e. The molecule has 4 atom stereocenters. The Morgan fingerprint density at radius 2 is 1.77 bits per heavy atom. The van der Waals surface area contributed by atoms with Gasteiger partial charge < -0.3 is 35.2 Å². The van der Waals surface area contributed by atoms with E-state index in [0.717, 1.165) is 72.7 Å². The van der Waals surface area contributed by atoms with Crippen LogP contribution in [0, 0.1) is 6.92 Å². The average molecular weight is 680 g/mol. The summed E-state index contributed by atoms with van der Waals surface area (Å²) in [7, 11) is 1.52. The van der Waals surface area contributed by atoms with E-state index >= 15 is 0 Å². The number of para-hydroxylation sites is 1. The number of carbonyl (C=O) groups excluding carboxylic acids is 1. The number of benzene rings is 1. The summed E-state index contributed by atoms with van der Waals surface area (Å²) in [4.78, 5) is 23.4. The van der Waals surface area contributed by atoms with Crippen molar-refractivity contribution in [3.05, 3.63) is 71.7 Å². The number of aryl methyl sites for hydroxylation is 2. The van der Waals surface area contributed by atoms with Gasteiger partial charge in [-0.25, -0.2) is 4.98 Å². The van der Waals surface area contributed by atoms with E-state index in [2.05, 4.69) is 48.3 Å². The highest BCUT2D eigenvalue weighted by Crippen LogP contribution is 2.54. The summed E-state index contributed by atoms with van der Waals surface area (Å²) in [5.74, 6) is 1.57. The van der Waals surface area contributed by atoms with E-state index in [0.29, 0.717) is 12.5 Å². The molecule has 0 aliphatic heterocycles. The standard InChI is InChI=1S/C37H49N3O7S/c1-24-10-13-33(48-20-6-5-9-34(44)40(2)22-30(42)35(45)36(46)31(43)23-41)39-29(24)14-16-37(17-18-37)28-21-38-19-15-26(28)27-7-3-4-8-32(27)47-25-11-12-25/h3-4,7-8,10,13,15,19,21,25,30-31,35-36,41-43,45-46H,5-6,9,11-12,14,16-18,20,22-23H2,1-2H3/t30-,31+,35+,36+/m0/s1. The number of likely N-dealkylation sites (N-methyl/N-ethyl adjacent to an activating group) is 1. The second-order valence-electron chi connectivity index (χ2n) is 13.3. The molecule has 10 nitrogen and oxygen atoms in total. The fraction of sp³-hybridized carbons (Fsp3) is 0.541. The van der Waals surface area contributed by atoms with Crippen LogP contribution in [0.1, 0.15) is 68.2 Å². The van der Waals surface area contributed by atoms with Crippen LogP contribution in [0.15, 0.2) is 59.9 Å². The molecule has 0 saturated heterocycles. The Bertz CT molecular complexity index is 1520. The van der Waals surface area contributed by atoms with Crippen molar-refractivity contribution in [3.63, 3.8) is 0 Å². The monoisotopic (exact) mass is 679 g/mol. The molecule has 0 bridgehead atoms. The van der Waals surface area contributed by atoms with Gasteiger partial charge in [0.25, 0.3) is 0 Å². The number of rotatable bonds is 19. The van der Waals surface area contributed by atoms with Crippen molar-refractivity contribution >= 4 is 17.7 Å². The predicted molar refractivity (Wildman–Crippen MR) is 185 cm³/mol. The van der Waals surface area contributed by atoms with Crippen LogP contribution in [0.25, 0.3) is 11.1 Å². The van der Waals surface area contributed by atoms with Crippen molar-refractivity contribution in [1.82, 2.24) is 14.9 Å². The van der Waals surface area contributed by atoms with E-state index in [9.17, 15) is 25.2 Å². The highest BCUT2D eigenvalue weighted by atomic mass is 32.2. The summed E-state index contributed by atoms with van der Waals surface area (Å²) in [5.41, 5.74) is 6.03. The minimum Gasteiger partial charge on any atom is -0.490 e. The number of hydrogen-bond donors (Lipinski definition) is 5. The van der Waals surface area contributed by atoms with Gasteiger partial charge in [0.05, 0.1) is 17.7 Å². The highest BCUT2D eigenvalue weighted by molar-refractivity contribution is 7.99. The summed E-state index contributed by atoms with van der Waals surface area (Å²) in [6, 6.07) is 14.7. The smallest absolute Gasteiger partial charge is 0.222 e. The molecule has 2 aromatic heterocycles. The molecule has 5 N–H and O–H groups in total. The van der Waals surface area contributed by atoms with Crippen LogP contribution in [0.5, 0.6) is 5.75 Å². The number of hydrogen-bond acceptors (Lipinski definition) is 10. The fourth-order valence-electron chi connectivity index (χ4n) is 6.06. The zero-order chi connectivity index (χ0) is 34.3. The molecule has 0 spiro atoms. The average Bonchev–Trinajstić information content (AvgIpc) is 4.05. The summed E-state index contributed by atoms with van der Waals surface area (Å²) >= 11 is 1.68. The van der Waals surface area contributed by atoms with Crippen LogP contribution < -0.4 is 4.74 Å². The molecule has 2 aliphatic rings. The van der Waals surface area contributed by atoms with Crippen LogP contribution in [0.2, 0.25) is 0 Å². The van der Waals surface area contributed by atoms with Gasteiger partial charge in [0.2, 0.25) is 5.91 Å². The maximum atomic E-state index is 12.6. The molecule has 1 amide bonds. The van der Waals surface area contributed by atoms with Crippen LogP contribution in [0.4, 0.5) is 0 Å². The molecule has 2 saturated carbocycles. The first-order valence-corrected chi connectivity index (χ1v) is 18.0. The number of ether oxygens (including phenoxy) is 1. The number of amides is 1. The Hall–Kier alpha value is -3.06. The van der Waals surface area contributed by atoms with Gasteiger partial charge in [0.15, 0.2) is 0 Å². The van der Waals surface area contributed by atoms with Gasteiger partial charge in [-0.2, -0.15) is 0 Å². The first kappa shape index (κ1) is 36.2. The Morgan fingerprint density at radius 3 is 2.50 bits per heavy atom. The summed E-state index contributed by atoms with van der Waals surface area (Å²) in [5, 5.41) is 49.3. The molecule has 1 aromatic carbocycles. The van der Waals surface area contributed by atoms with Crippen molar-refractivity contribution in [2.24, 2.45) is 0 Å². The van der Waals surface area contributed by atoms with E-state index in [1.54, 1.807) is 11.8 Å². The number of unbranched alkanes of at least 4 members (excludes halogenated alkanes) is 1. The molecule has 3 aromatic rings. The van der Waals surface area contributed by atoms with Crippen molar-refractivity contribution in [3.8, 4) is 16.9 Å².